The number of ether oxygens (including phenoxy) is 2. The smallest absolute Gasteiger partial charge is 0.230 e. The number of rotatable bonds is 10. The zero-order chi connectivity index (χ0) is 24.6. The molecule has 10 heteroatoms. The number of hydrogen-bond donors (Lipinski definition) is 2. The van der Waals surface area contributed by atoms with E-state index < -0.39 is 0 Å². The number of nitrogens with two attached hydrogens (primary N) is 1. The number of aromatic nitrogens is 3. The van der Waals surface area contributed by atoms with Crippen LogP contribution in [0.15, 0.2) is 78.0 Å². The SMILES string of the molecule is COc1cc(CNC(=O)CSc2nnc(-c3ccc(F)cc3)n2N)ccc1OCc1ccccc1. The van der Waals surface area contributed by atoms with Crippen LogP contribution in [0, 0.1) is 5.82 Å². The Hall–Kier alpha value is -4.05. The molecule has 0 saturated carbocycles. The van der Waals surface area contributed by atoms with Crippen molar-refractivity contribution in [3.05, 3.63) is 89.7 Å². The predicted octanol–water partition coefficient (Wildman–Crippen LogP) is 3.79. The fraction of sp³-hybridized carbons (Fsp3) is 0.160. The number of carbonyl (C=O) groups is 1. The van der Waals surface area contributed by atoms with Gasteiger partial charge in [-0.05, 0) is 47.5 Å². The van der Waals surface area contributed by atoms with Gasteiger partial charge in [-0.2, -0.15) is 0 Å². The summed E-state index contributed by atoms with van der Waals surface area (Å²) in [5, 5.41) is 11.3. The van der Waals surface area contributed by atoms with Gasteiger partial charge in [0.05, 0.1) is 12.9 Å². The van der Waals surface area contributed by atoms with Gasteiger partial charge in [-0.1, -0.05) is 48.2 Å². The van der Waals surface area contributed by atoms with E-state index in [1.807, 2.05) is 48.5 Å². The summed E-state index contributed by atoms with van der Waals surface area (Å²) in [5.41, 5.74) is 2.55. The summed E-state index contributed by atoms with van der Waals surface area (Å²) in [6.07, 6.45) is 0. The van der Waals surface area contributed by atoms with Crippen LogP contribution in [-0.4, -0.2) is 33.6 Å². The summed E-state index contributed by atoms with van der Waals surface area (Å²) >= 11 is 1.16. The van der Waals surface area contributed by atoms with Crippen molar-refractivity contribution in [3.63, 3.8) is 0 Å². The van der Waals surface area contributed by atoms with E-state index in [0.717, 1.165) is 22.9 Å². The fourth-order valence-corrected chi connectivity index (χ4v) is 3.92. The van der Waals surface area contributed by atoms with Gasteiger partial charge in [-0.3, -0.25) is 4.79 Å². The lowest BCUT2D eigenvalue weighted by atomic mass is 10.2. The van der Waals surface area contributed by atoms with Gasteiger partial charge in [0, 0.05) is 12.1 Å². The molecule has 0 atom stereocenters. The molecule has 0 radical (unpaired) electrons. The monoisotopic (exact) mass is 493 g/mol. The minimum absolute atomic E-state index is 0.105. The first-order valence-electron chi connectivity index (χ1n) is 10.7. The van der Waals surface area contributed by atoms with Crippen LogP contribution in [0.4, 0.5) is 4.39 Å². The largest absolute Gasteiger partial charge is 0.493 e. The molecule has 0 aliphatic rings. The topological polar surface area (TPSA) is 104 Å². The van der Waals surface area contributed by atoms with Crippen molar-refractivity contribution >= 4 is 17.7 Å². The predicted molar refractivity (Wildman–Crippen MR) is 132 cm³/mol. The van der Waals surface area contributed by atoms with E-state index in [1.54, 1.807) is 19.2 Å². The number of halogens is 1. The molecule has 3 aromatic carbocycles. The summed E-state index contributed by atoms with van der Waals surface area (Å²) in [5.74, 6) is 7.22. The van der Waals surface area contributed by atoms with E-state index in [0.29, 0.717) is 41.2 Å². The van der Waals surface area contributed by atoms with Crippen molar-refractivity contribution in [2.45, 2.75) is 18.3 Å². The highest BCUT2D eigenvalue weighted by molar-refractivity contribution is 7.99. The molecule has 0 unspecified atom stereocenters. The van der Waals surface area contributed by atoms with Gasteiger partial charge in [0.25, 0.3) is 0 Å². The van der Waals surface area contributed by atoms with E-state index in [9.17, 15) is 9.18 Å². The van der Waals surface area contributed by atoms with Crippen LogP contribution in [0.1, 0.15) is 11.1 Å². The highest BCUT2D eigenvalue weighted by Crippen LogP contribution is 2.29. The van der Waals surface area contributed by atoms with Gasteiger partial charge >= 0.3 is 0 Å². The minimum atomic E-state index is -0.352. The first-order valence-corrected chi connectivity index (χ1v) is 11.7. The second-order valence-electron chi connectivity index (χ2n) is 7.51. The Bertz CT molecular complexity index is 1280. The Morgan fingerprint density at radius 2 is 1.80 bits per heavy atom. The summed E-state index contributed by atoms with van der Waals surface area (Å²) in [6.45, 7) is 0.754. The summed E-state index contributed by atoms with van der Waals surface area (Å²) in [4.78, 5) is 12.4. The summed E-state index contributed by atoms with van der Waals surface area (Å²) in [6, 6.07) is 21.2. The zero-order valence-electron chi connectivity index (χ0n) is 19.0. The molecule has 0 bridgehead atoms. The lowest BCUT2D eigenvalue weighted by Gasteiger charge is -2.13. The third kappa shape index (κ3) is 6.30. The molecule has 1 heterocycles. The van der Waals surface area contributed by atoms with Crippen LogP contribution in [-0.2, 0) is 17.9 Å². The van der Waals surface area contributed by atoms with Gasteiger partial charge in [-0.15, -0.1) is 10.2 Å². The molecular weight excluding hydrogens is 469 g/mol. The number of benzene rings is 3. The first-order chi connectivity index (χ1) is 17.0. The van der Waals surface area contributed by atoms with E-state index in [1.165, 1.54) is 16.8 Å². The van der Waals surface area contributed by atoms with Crippen molar-refractivity contribution in [1.29, 1.82) is 0 Å². The summed E-state index contributed by atoms with van der Waals surface area (Å²) in [7, 11) is 1.58. The van der Waals surface area contributed by atoms with Crippen LogP contribution in [0.2, 0.25) is 0 Å². The Morgan fingerprint density at radius 3 is 2.54 bits per heavy atom. The first kappa shape index (κ1) is 24.1. The van der Waals surface area contributed by atoms with Crippen molar-refractivity contribution in [1.82, 2.24) is 20.2 Å². The average molecular weight is 494 g/mol. The number of nitrogens with one attached hydrogen (secondary N) is 1. The molecule has 0 saturated heterocycles. The van der Waals surface area contributed by atoms with Gasteiger partial charge in [0.15, 0.2) is 17.3 Å². The number of hydrogen-bond acceptors (Lipinski definition) is 7. The number of nitrogens with zero attached hydrogens (tertiary/aromatic N) is 3. The van der Waals surface area contributed by atoms with Crippen LogP contribution < -0.4 is 20.6 Å². The second-order valence-corrected chi connectivity index (χ2v) is 8.45. The maximum atomic E-state index is 13.1. The molecule has 1 aromatic heterocycles. The van der Waals surface area contributed by atoms with Gasteiger partial charge in [0.2, 0.25) is 11.1 Å². The van der Waals surface area contributed by atoms with Crippen LogP contribution in [0.5, 0.6) is 11.5 Å². The minimum Gasteiger partial charge on any atom is -0.493 e. The molecule has 180 valence electrons. The maximum Gasteiger partial charge on any atom is 0.230 e. The van der Waals surface area contributed by atoms with Crippen LogP contribution >= 0.6 is 11.8 Å². The van der Waals surface area contributed by atoms with Crippen molar-refractivity contribution in [2.75, 3.05) is 18.7 Å². The van der Waals surface area contributed by atoms with Crippen LogP contribution in [0.3, 0.4) is 0 Å². The normalized spacial score (nSPS) is 10.7. The summed E-state index contributed by atoms with van der Waals surface area (Å²) < 4.78 is 25.7. The molecule has 8 nitrogen and oxygen atoms in total. The van der Waals surface area contributed by atoms with Crippen LogP contribution in [0.25, 0.3) is 11.4 Å². The van der Waals surface area contributed by atoms with Gasteiger partial charge < -0.3 is 20.6 Å². The molecule has 3 N–H and O–H groups in total. The van der Waals surface area contributed by atoms with E-state index >= 15 is 0 Å². The third-order valence-electron chi connectivity index (χ3n) is 5.05. The average Bonchev–Trinajstić information content (AvgIpc) is 3.26. The number of nitrogen functional groups attached to an aromatic ring is 1. The lowest BCUT2D eigenvalue weighted by Crippen LogP contribution is -2.25. The number of thioether (sulfide) groups is 1. The van der Waals surface area contributed by atoms with Crippen molar-refractivity contribution < 1.29 is 18.7 Å². The standard InChI is InChI=1S/C25H24FN5O3S/c1-33-22-13-18(7-12-21(22)34-15-17-5-3-2-4-6-17)14-28-23(32)16-35-25-30-29-24(31(25)27)19-8-10-20(26)11-9-19/h2-13H,14-16,27H2,1H3,(H,28,32). The Labute approximate surface area is 206 Å². The Kier molecular flexibility index (Phi) is 7.84. The molecule has 1 amide bonds. The van der Waals surface area contributed by atoms with Gasteiger partial charge in [-0.25, -0.2) is 9.07 Å². The molecule has 0 aliphatic heterocycles. The molecule has 0 fully saturated rings. The zero-order valence-corrected chi connectivity index (χ0v) is 19.8. The highest BCUT2D eigenvalue weighted by Gasteiger charge is 2.14. The van der Waals surface area contributed by atoms with E-state index in [2.05, 4.69) is 15.5 Å². The molecule has 4 aromatic rings. The van der Waals surface area contributed by atoms with Crippen molar-refractivity contribution in [3.8, 4) is 22.9 Å². The van der Waals surface area contributed by atoms with E-state index in [-0.39, 0.29) is 17.5 Å². The third-order valence-corrected chi connectivity index (χ3v) is 6.00. The molecule has 0 spiro atoms. The molecule has 35 heavy (non-hydrogen) atoms. The number of carbonyl (C=O) groups excluding carboxylic acids is 1. The fourth-order valence-electron chi connectivity index (χ4n) is 3.23. The van der Waals surface area contributed by atoms with Gasteiger partial charge in [0.1, 0.15) is 12.4 Å². The number of methoxy groups -OCH3 is 1. The Balaban J connectivity index is 1.29. The molecule has 4 rings (SSSR count). The van der Waals surface area contributed by atoms with Crippen molar-refractivity contribution in [2.24, 2.45) is 0 Å². The second kappa shape index (κ2) is 11.4. The Morgan fingerprint density at radius 1 is 1.03 bits per heavy atom. The quantitative estimate of drug-likeness (QED) is 0.256. The lowest BCUT2D eigenvalue weighted by molar-refractivity contribution is -0.118. The molecular formula is C25H24FN5O3S. The number of amides is 1. The molecule has 0 aliphatic carbocycles. The maximum absolute atomic E-state index is 13.1. The highest BCUT2D eigenvalue weighted by atomic mass is 32.2. The van der Waals surface area contributed by atoms with E-state index in [4.69, 9.17) is 15.3 Å².